The SMILES string of the molecule is CCCNC(C)C(CC)c1nc(CCN(C)C)no1. The number of nitrogens with one attached hydrogen (secondary N) is 1. The van der Waals surface area contributed by atoms with Gasteiger partial charge in [0.1, 0.15) is 0 Å². The topological polar surface area (TPSA) is 54.2 Å². The Bertz CT molecular complexity index is 351. The number of nitrogens with zero attached hydrogens (tertiary/aromatic N) is 3. The van der Waals surface area contributed by atoms with Gasteiger partial charge in [-0.2, -0.15) is 4.98 Å². The van der Waals surface area contributed by atoms with Crippen LogP contribution in [0.25, 0.3) is 0 Å². The molecular weight excluding hydrogens is 240 g/mol. The van der Waals surface area contributed by atoms with E-state index >= 15 is 0 Å². The van der Waals surface area contributed by atoms with Crippen molar-refractivity contribution in [1.82, 2.24) is 20.4 Å². The van der Waals surface area contributed by atoms with Gasteiger partial charge in [-0.15, -0.1) is 0 Å². The second kappa shape index (κ2) is 8.27. The lowest BCUT2D eigenvalue weighted by molar-refractivity contribution is 0.313. The third-order valence-corrected chi connectivity index (χ3v) is 3.34. The number of rotatable bonds is 9. The number of hydrogen-bond donors (Lipinski definition) is 1. The fourth-order valence-electron chi connectivity index (χ4n) is 2.10. The van der Waals surface area contributed by atoms with E-state index in [4.69, 9.17) is 4.52 Å². The Hall–Kier alpha value is -0.940. The average molecular weight is 268 g/mol. The number of hydrogen-bond acceptors (Lipinski definition) is 5. The molecule has 1 N–H and O–H groups in total. The zero-order valence-corrected chi connectivity index (χ0v) is 12.9. The van der Waals surface area contributed by atoms with Gasteiger partial charge >= 0.3 is 0 Å². The molecule has 0 amide bonds. The molecule has 5 nitrogen and oxygen atoms in total. The molecule has 0 bridgehead atoms. The Morgan fingerprint density at radius 2 is 2.05 bits per heavy atom. The predicted octanol–water partition coefficient (Wildman–Crippen LogP) is 2.06. The highest BCUT2D eigenvalue weighted by atomic mass is 16.5. The molecular formula is C14H28N4O. The van der Waals surface area contributed by atoms with Crippen LogP contribution < -0.4 is 5.32 Å². The third kappa shape index (κ3) is 5.28. The quantitative estimate of drug-likeness (QED) is 0.743. The van der Waals surface area contributed by atoms with E-state index in [-0.39, 0.29) is 0 Å². The van der Waals surface area contributed by atoms with Gasteiger partial charge < -0.3 is 14.7 Å². The van der Waals surface area contributed by atoms with Gasteiger partial charge in [0.2, 0.25) is 5.89 Å². The van der Waals surface area contributed by atoms with Gasteiger partial charge in [0, 0.05) is 19.0 Å². The van der Waals surface area contributed by atoms with Crippen molar-refractivity contribution in [3.05, 3.63) is 11.7 Å². The lowest BCUT2D eigenvalue weighted by Crippen LogP contribution is -2.32. The second-order valence-corrected chi connectivity index (χ2v) is 5.36. The largest absolute Gasteiger partial charge is 0.339 e. The molecule has 0 saturated heterocycles. The van der Waals surface area contributed by atoms with Crippen LogP contribution >= 0.6 is 0 Å². The Kier molecular flexibility index (Phi) is 7.02. The summed E-state index contributed by atoms with van der Waals surface area (Å²) in [7, 11) is 4.10. The van der Waals surface area contributed by atoms with Gasteiger partial charge in [-0.05, 0) is 40.4 Å². The molecule has 0 aliphatic heterocycles. The summed E-state index contributed by atoms with van der Waals surface area (Å²) in [6.45, 7) is 8.50. The maximum Gasteiger partial charge on any atom is 0.231 e. The molecule has 2 unspecified atom stereocenters. The van der Waals surface area contributed by atoms with Crippen molar-refractivity contribution < 1.29 is 4.52 Å². The first-order valence-electron chi connectivity index (χ1n) is 7.29. The molecule has 19 heavy (non-hydrogen) atoms. The molecule has 0 spiro atoms. The molecule has 2 atom stereocenters. The highest BCUT2D eigenvalue weighted by Gasteiger charge is 2.23. The van der Waals surface area contributed by atoms with Crippen LogP contribution in [0.2, 0.25) is 0 Å². The van der Waals surface area contributed by atoms with Crippen LogP contribution in [-0.2, 0) is 6.42 Å². The van der Waals surface area contributed by atoms with Crippen LogP contribution in [0.1, 0.15) is 51.2 Å². The summed E-state index contributed by atoms with van der Waals surface area (Å²) in [5.74, 6) is 1.88. The van der Waals surface area contributed by atoms with Crippen LogP contribution in [0.3, 0.4) is 0 Å². The van der Waals surface area contributed by atoms with E-state index in [1.54, 1.807) is 0 Å². The van der Waals surface area contributed by atoms with Crippen molar-refractivity contribution >= 4 is 0 Å². The van der Waals surface area contributed by atoms with E-state index in [1.807, 2.05) is 14.1 Å². The van der Waals surface area contributed by atoms with Crippen molar-refractivity contribution in [2.24, 2.45) is 0 Å². The summed E-state index contributed by atoms with van der Waals surface area (Å²) in [4.78, 5) is 6.66. The fourth-order valence-corrected chi connectivity index (χ4v) is 2.10. The summed E-state index contributed by atoms with van der Waals surface area (Å²) in [6, 6.07) is 0.368. The van der Waals surface area contributed by atoms with E-state index in [0.29, 0.717) is 12.0 Å². The van der Waals surface area contributed by atoms with Crippen molar-refractivity contribution in [3.63, 3.8) is 0 Å². The minimum atomic E-state index is 0.298. The van der Waals surface area contributed by atoms with Crippen LogP contribution in [-0.4, -0.2) is 48.3 Å². The van der Waals surface area contributed by atoms with Gasteiger partial charge in [0.15, 0.2) is 5.82 Å². The molecule has 1 aromatic rings. The molecule has 0 aliphatic rings. The van der Waals surface area contributed by atoms with Crippen molar-refractivity contribution in [1.29, 1.82) is 0 Å². The van der Waals surface area contributed by atoms with Crippen LogP contribution in [0.4, 0.5) is 0 Å². The zero-order valence-electron chi connectivity index (χ0n) is 12.9. The first-order chi connectivity index (χ1) is 9.08. The van der Waals surface area contributed by atoms with E-state index < -0.39 is 0 Å². The standard InChI is InChI=1S/C14H28N4O/c1-6-9-15-11(3)12(7-2)14-16-13(17-19-14)8-10-18(4)5/h11-12,15H,6-10H2,1-5H3. The first kappa shape index (κ1) is 16.1. The average Bonchev–Trinajstić information content (AvgIpc) is 2.83. The van der Waals surface area contributed by atoms with E-state index in [1.165, 1.54) is 0 Å². The summed E-state index contributed by atoms with van der Waals surface area (Å²) in [5.41, 5.74) is 0. The van der Waals surface area contributed by atoms with Crippen LogP contribution in [0.5, 0.6) is 0 Å². The highest BCUT2D eigenvalue weighted by Crippen LogP contribution is 2.21. The molecule has 0 radical (unpaired) electrons. The van der Waals surface area contributed by atoms with Gasteiger partial charge in [0.25, 0.3) is 0 Å². The summed E-state index contributed by atoms with van der Waals surface area (Å²) < 4.78 is 5.43. The monoisotopic (exact) mass is 268 g/mol. The van der Waals surface area contributed by atoms with E-state index in [9.17, 15) is 0 Å². The molecule has 1 heterocycles. The minimum absolute atomic E-state index is 0.298. The number of aromatic nitrogens is 2. The normalized spacial score (nSPS) is 14.8. The van der Waals surface area contributed by atoms with Crippen molar-refractivity contribution in [3.8, 4) is 0 Å². The molecule has 110 valence electrons. The second-order valence-electron chi connectivity index (χ2n) is 5.36. The number of likely N-dealkylation sites (N-methyl/N-ethyl adjacent to an activating group) is 1. The van der Waals surface area contributed by atoms with Crippen molar-refractivity contribution in [2.75, 3.05) is 27.2 Å². The van der Waals surface area contributed by atoms with Gasteiger partial charge in [-0.25, -0.2) is 0 Å². The Morgan fingerprint density at radius 3 is 2.63 bits per heavy atom. The zero-order chi connectivity index (χ0) is 14.3. The summed E-state index contributed by atoms with van der Waals surface area (Å²) >= 11 is 0. The van der Waals surface area contributed by atoms with Crippen LogP contribution in [0.15, 0.2) is 4.52 Å². The van der Waals surface area contributed by atoms with Gasteiger partial charge in [0.05, 0.1) is 5.92 Å². The predicted molar refractivity (Wildman–Crippen MR) is 77.3 cm³/mol. The maximum absolute atomic E-state index is 5.43. The summed E-state index contributed by atoms with van der Waals surface area (Å²) in [6.07, 6.45) is 2.98. The van der Waals surface area contributed by atoms with E-state index in [0.717, 1.165) is 44.1 Å². The van der Waals surface area contributed by atoms with Crippen molar-refractivity contribution in [2.45, 2.75) is 52.0 Å². The molecule has 1 aromatic heterocycles. The Balaban J connectivity index is 2.60. The van der Waals surface area contributed by atoms with Crippen LogP contribution in [0, 0.1) is 0 Å². The Morgan fingerprint density at radius 1 is 1.32 bits per heavy atom. The third-order valence-electron chi connectivity index (χ3n) is 3.34. The lowest BCUT2D eigenvalue weighted by Gasteiger charge is -2.20. The highest BCUT2D eigenvalue weighted by molar-refractivity contribution is 4.98. The Labute approximate surface area is 116 Å². The molecule has 0 saturated carbocycles. The van der Waals surface area contributed by atoms with Gasteiger partial charge in [-0.1, -0.05) is 19.0 Å². The van der Waals surface area contributed by atoms with Gasteiger partial charge in [-0.3, -0.25) is 0 Å². The maximum atomic E-state index is 5.43. The minimum Gasteiger partial charge on any atom is -0.339 e. The van der Waals surface area contributed by atoms with E-state index in [2.05, 4.69) is 41.1 Å². The smallest absolute Gasteiger partial charge is 0.231 e. The lowest BCUT2D eigenvalue weighted by atomic mass is 9.98. The molecule has 0 aliphatic carbocycles. The molecule has 5 heteroatoms. The molecule has 0 fully saturated rings. The summed E-state index contributed by atoms with van der Waals surface area (Å²) in [5, 5.41) is 7.58. The fraction of sp³-hybridized carbons (Fsp3) is 0.857. The molecule has 0 aromatic carbocycles. The first-order valence-corrected chi connectivity index (χ1v) is 7.29. The molecule has 1 rings (SSSR count).